The van der Waals surface area contributed by atoms with Gasteiger partial charge in [0.2, 0.25) is 5.89 Å². The first-order chi connectivity index (χ1) is 10.0. The standard InChI is InChI=1S/C18H17NO2/c1-11-4-6-14(7-5-11)18-19-16-10-15(12(2)13(3)20)8-9-17(16)21-18/h4-10,12H,1-3H3. The lowest BCUT2D eigenvalue weighted by atomic mass is 9.97. The molecule has 3 aromatic rings. The molecule has 1 aromatic heterocycles. The lowest BCUT2D eigenvalue weighted by molar-refractivity contribution is -0.118. The van der Waals surface area contributed by atoms with E-state index in [1.807, 2.05) is 56.3 Å². The molecule has 1 heterocycles. The Morgan fingerprint density at radius 2 is 1.86 bits per heavy atom. The maximum absolute atomic E-state index is 11.5. The SMILES string of the molecule is CC(=O)C(C)c1ccc2oc(-c3ccc(C)cc3)nc2c1. The Balaban J connectivity index is 2.04. The summed E-state index contributed by atoms with van der Waals surface area (Å²) in [6, 6.07) is 13.8. The van der Waals surface area contributed by atoms with Crippen LogP contribution in [0.15, 0.2) is 46.9 Å². The molecular weight excluding hydrogens is 262 g/mol. The average Bonchev–Trinajstić information content (AvgIpc) is 2.89. The maximum atomic E-state index is 11.5. The van der Waals surface area contributed by atoms with Gasteiger partial charge in [-0.3, -0.25) is 4.79 Å². The van der Waals surface area contributed by atoms with Crippen molar-refractivity contribution in [3.05, 3.63) is 53.6 Å². The van der Waals surface area contributed by atoms with Crippen molar-refractivity contribution in [2.45, 2.75) is 26.7 Å². The number of aromatic nitrogens is 1. The van der Waals surface area contributed by atoms with Crippen LogP contribution in [0.3, 0.4) is 0 Å². The molecule has 3 heteroatoms. The molecular formula is C18H17NO2. The molecule has 2 aromatic carbocycles. The Morgan fingerprint density at radius 1 is 1.14 bits per heavy atom. The number of aryl methyl sites for hydroxylation is 1. The van der Waals surface area contributed by atoms with Gasteiger partial charge in [0.1, 0.15) is 11.3 Å². The van der Waals surface area contributed by atoms with E-state index in [2.05, 4.69) is 4.98 Å². The first-order valence-corrected chi connectivity index (χ1v) is 7.02. The van der Waals surface area contributed by atoms with Crippen LogP contribution in [-0.4, -0.2) is 10.8 Å². The summed E-state index contributed by atoms with van der Waals surface area (Å²) in [5, 5.41) is 0. The number of carbonyl (C=O) groups is 1. The first kappa shape index (κ1) is 13.6. The van der Waals surface area contributed by atoms with Crippen LogP contribution in [0, 0.1) is 6.92 Å². The Kier molecular flexibility index (Phi) is 3.34. The van der Waals surface area contributed by atoms with E-state index in [9.17, 15) is 4.79 Å². The van der Waals surface area contributed by atoms with Crippen molar-refractivity contribution in [3.63, 3.8) is 0 Å². The molecule has 0 spiro atoms. The number of fused-ring (bicyclic) bond motifs is 1. The van der Waals surface area contributed by atoms with Gasteiger partial charge in [0.25, 0.3) is 0 Å². The summed E-state index contributed by atoms with van der Waals surface area (Å²) in [5.41, 5.74) is 4.66. The highest BCUT2D eigenvalue weighted by atomic mass is 16.3. The maximum Gasteiger partial charge on any atom is 0.227 e. The summed E-state index contributed by atoms with van der Waals surface area (Å²) in [6.45, 7) is 5.56. The van der Waals surface area contributed by atoms with Gasteiger partial charge in [-0.25, -0.2) is 4.98 Å². The number of Topliss-reactive ketones (excluding diaryl/α,β-unsaturated/α-hetero) is 1. The summed E-state index contributed by atoms with van der Waals surface area (Å²) in [5.74, 6) is 0.642. The Bertz CT molecular complexity index is 800. The van der Waals surface area contributed by atoms with E-state index >= 15 is 0 Å². The molecule has 0 saturated heterocycles. The monoisotopic (exact) mass is 279 g/mol. The summed E-state index contributed by atoms with van der Waals surface area (Å²) in [4.78, 5) is 16.0. The van der Waals surface area contributed by atoms with Crippen LogP contribution in [0.2, 0.25) is 0 Å². The zero-order chi connectivity index (χ0) is 15.0. The van der Waals surface area contributed by atoms with Crippen molar-refractivity contribution in [1.29, 1.82) is 0 Å². The average molecular weight is 279 g/mol. The Hall–Kier alpha value is -2.42. The molecule has 106 valence electrons. The lowest BCUT2D eigenvalue weighted by Crippen LogP contribution is -2.03. The Morgan fingerprint density at radius 3 is 2.52 bits per heavy atom. The van der Waals surface area contributed by atoms with Gasteiger partial charge in [0, 0.05) is 11.5 Å². The van der Waals surface area contributed by atoms with Crippen molar-refractivity contribution in [2.75, 3.05) is 0 Å². The minimum Gasteiger partial charge on any atom is -0.436 e. The van der Waals surface area contributed by atoms with Crippen LogP contribution in [0.4, 0.5) is 0 Å². The van der Waals surface area contributed by atoms with Gasteiger partial charge >= 0.3 is 0 Å². The molecule has 1 unspecified atom stereocenters. The van der Waals surface area contributed by atoms with Gasteiger partial charge in [-0.05, 0) is 43.7 Å². The molecule has 0 amide bonds. The fourth-order valence-corrected chi connectivity index (χ4v) is 2.27. The third-order valence-corrected chi connectivity index (χ3v) is 3.82. The highest BCUT2D eigenvalue weighted by Gasteiger charge is 2.14. The molecule has 0 aliphatic rings. The minimum absolute atomic E-state index is 0.117. The van der Waals surface area contributed by atoms with Gasteiger partial charge in [0.15, 0.2) is 5.58 Å². The van der Waals surface area contributed by atoms with Crippen molar-refractivity contribution >= 4 is 16.9 Å². The van der Waals surface area contributed by atoms with Gasteiger partial charge < -0.3 is 4.42 Å². The van der Waals surface area contributed by atoms with Gasteiger partial charge in [-0.2, -0.15) is 0 Å². The second-order valence-corrected chi connectivity index (χ2v) is 5.44. The van der Waals surface area contributed by atoms with Crippen LogP contribution in [0.5, 0.6) is 0 Å². The number of rotatable bonds is 3. The molecule has 0 aliphatic heterocycles. The largest absolute Gasteiger partial charge is 0.436 e. The van der Waals surface area contributed by atoms with Crippen molar-refractivity contribution in [1.82, 2.24) is 4.98 Å². The number of benzene rings is 2. The fourth-order valence-electron chi connectivity index (χ4n) is 2.27. The smallest absolute Gasteiger partial charge is 0.227 e. The van der Waals surface area contributed by atoms with Gasteiger partial charge in [-0.15, -0.1) is 0 Å². The van der Waals surface area contributed by atoms with E-state index in [0.717, 1.165) is 22.2 Å². The molecule has 0 bridgehead atoms. The van der Waals surface area contributed by atoms with Crippen molar-refractivity contribution < 1.29 is 9.21 Å². The van der Waals surface area contributed by atoms with Crippen LogP contribution in [0.1, 0.15) is 30.9 Å². The molecule has 3 nitrogen and oxygen atoms in total. The predicted octanol–water partition coefficient (Wildman–Crippen LogP) is 4.50. The molecule has 0 aliphatic carbocycles. The summed E-state index contributed by atoms with van der Waals surface area (Å²) in [6.07, 6.45) is 0. The summed E-state index contributed by atoms with van der Waals surface area (Å²) >= 11 is 0. The summed E-state index contributed by atoms with van der Waals surface area (Å²) in [7, 11) is 0. The molecule has 21 heavy (non-hydrogen) atoms. The van der Waals surface area contributed by atoms with Crippen LogP contribution >= 0.6 is 0 Å². The van der Waals surface area contributed by atoms with Crippen LogP contribution in [0.25, 0.3) is 22.6 Å². The van der Waals surface area contributed by atoms with Crippen LogP contribution < -0.4 is 0 Å². The van der Waals surface area contributed by atoms with E-state index in [-0.39, 0.29) is 11.7 Å². The molecule has 0 saturated carbocycles. The normalized spacial score (nSPS) is 12.5. The van der Waals surface area contributed by atoms with Crippen LogP contribution in [-0.2, 0) is 4.79 Å². The third-order valence-electron chi connectivity index (χ3n) is 3.82. The zero-order valence-electron chi connectivity index (χ0n) is 12.4. The number of carbonyl (C=O) groups excluding carboxylic acids is 1. The molecule has 0 fully saturated rings. The second kappa shape index (κ2) is 5.17. The van der Waals surface area contributed by atoms with E-state index in [0.29, 0.717) is 5.89 Å². The molecule has 0 radical (unpaired) electrons. The van der Waals surface area contributed by atoms with E-state index in [4.69, 9.17) is 4.42 Å². The predicted molar refractivity (Wildman–Crippen MR) is 83.3 cm³/mol. The van der Waals surface area contributed by atoms with E-state index < -0.39 is 0 Å². The number of ketones is 1. The van der Waals surface area contributed by atoms with Crippen molar-refractivity contribution in [3.8, 4) is 11.5 Å². The van der Waals surface area contributed by atoms with Gasteiger partial charge in [-0.1, -0.05) is 30.7 Å². The third kappa shape index (κ3) is 2.59. The second-order valence-electron chi connectivity index (χ2n) is 5.44. The number of hydrogen-bond acceptors (Lipinski definition) is 3. The molecule has 3 rings (SSSR count). The van der Waals surface area contributed by atoms with Gasteiger partial charge in [0.05, 0.1) is 0 Å². The number of oxazole rings is 1. The van der Waals surface area contributed by atoms with E-state index in [1.54, 1.807) is 6.92 Å². The topological polar surface area (TPSA) is 43.1 Å². The summed E-state index contributed by atoms with van der Waals surface area (Å²) < 4.78 is 5.79. The quantitative estimate of drug-likeness (QED) is 0.709. The number of hydrogen-bond donors (Lipinski definition) is 0. The van der Waals surface area contributed by atoms with Crippen molar-refractivity contribution in [2.24, 2.45) is 0 Å². The Labute approximate surface area is 123 Å². The van der Waals surface area contributed by atoms with E-state index in [1.165, 1.54) is 5.56 Å². The number of nitrogens with zero attached hydrogens (tertiary/aromatic N) is 1. The first-order valence-electron chi connectivity index (χ1n) is 7.02. The zero-order valence-corrected chi connectivity index (χ0v) is 12.4. The highest BCUT2D eigenvalue weighted by molar-refractivity contribution is 5.85. The molecule has 1 atom stereocenters. The fraction of sp³-hybridized carbons (Fsp3) is 0.222. The molecule has 0 N–H and O–H groups in total. The highest BCUT2D eigenvalue weighted by Crippen LogP contribution is 2.27. The lowest BCUT2D eigenvalue weighted by Gasteiger charge is -2.06. The minimum atomic E-state index is -0.117.